The van der Waals surface area contributed by atoms with Crippen LogP contribution in [-0.2, 0) is 0 Å². The lowest BCUT2D eigenvalue weighted by molar-refractivity contribution is 0.459. The molecular weight excluding hydrogens is 345 g/mol. The van der Waals surface area contributed by atoms with E-state index in [1.54, 1.807) is 12.1 Å². The largest absolute Gasteiger partial charge is 0.602 e. The van der Waals surface area contributed by atoms with Crippen molar-refractivity contribution < 1.29 is 23.0 Å². The summed E-state index contributed by atoms with van der Waals surface area (Å²) in [6, 6.07) is 21.5. The smallest absolute Gasteiger partial charge is 0.523 e. The van der Waals surface area contributed by atoms with Gasteiger partial charge in [0.2, 0.25) is 0 Å². The number of hydrogen-bond acceptors (Lipinski definition) is 4. The van der Waals surface area contributed by atoms with Crippen molar-refractivity contribution in [2.45, 2.75) is 12.1 Å². The van der Waals surface area contributed by atoms with Crippen molar-refractivity contribution in [1.29, 1.82) is 0 Å². The fourth-order valence-electron chi connectivity index (χ4n) is 3.45. The summed E-state index contributed by atoms with van der Waals surface area (Å²) in [5.41, 5.74) is 0.900. The third-order valence-electron chi connectivity index (χ3n) is 4.77. The van der Waals surface area contributed by atoms with Crippen molar-refractivity contribution in [3.05, 3.63) is 84.2 Å². The summed E-state index contributed by atoms with van der Waals surface area (Å²) in [6.07, 6.45) is 0.499. The highest BCUT2D eigenvalue weighted by atomic mass is 19.1. The molecule has 0 unspecified atom stereocenters. The standard InChI is InChI=1S/C20H15B2FO4/c23-15-11-9-14(10-12-15)16(22-26-19-7-3-4-8-20(19)27-22)13-21-24-17-5-1-2-6-18(17)25-21/h1-12,16H,13H2/t16-/m1/s1. The minimum atomic E-state index is -0.538. The van der Waals surface area contributed by atoms with Gasteiger partial charge >= 0.3 is 14.2 Å². The fraction of sp³-hybridized carbons (Fsp3) is 0.100. The van der Waals surface area contributed by atoms with E-state index in [0.717, 1.165) is 17.1 Å². The van der Waals surface area contributed by atoms with E-state index in [1.807, 2.05) is 48.5 Å². The summed E-state index contributed by atoms with van der Waals surface area (Å²) in [4.78, 5) is 0. The van der Waals surface area contributed by atoms with Crippen LogP contribution >= 0.6 is 0 Å². The van der Waals surface area contributed by atoms with E-state index in [2.05, 4.69) is 0 Å². The molecular formula is C20H15B2FO4. The second kappa shape index (κ2) is 6.58. The highest BCUT2D eigenvalue weighted by Crippen LogP contribution is 2.40. The van der Waals surface area contributed by atoms with Crippen molar-refractivity contribution in [2.75, 3.05) is 0 Å². The Labute approximate surface area is 157 Å². The molecule has 0 N–H and O–H groups in total. The van der Waals surface area contributed by atoms with Crippen LogP contribution in [0.3, 0.4) is 0 Å². The molecule has 0 fully saturated rings. The second-order valence-corrected chi connectivity index (χ2v) is 6.56. The van der Waals surface area contributed by atoms with Crippen LogP contribution in [0.25, 0.3) is 0 Å². The van der Waals surface area contributed by atoms with Gasteiger partial charge in [-0.3, -0.25) is 0 Å². The summed E-state index contributed by atoms with van der Waals surface area (Å²) in [5.74, 6) is 2.36. The fourth-order valence-corrected chi connectivity index (χ4v) is 3.45. The van der Waals surface area contributed by atoms with Gasteiger partial charge in [-0.25, -0.2) is 4.39 Å². The van der Waals surface area contributed by atoms with Crippen molar-refractivity contribution in [1.82, 2.24) is 0 Å². The summed E-state index contributed by atoms with van der Waals surface area (Å²) in [6.45, 7) is 0. The first-order valence-corrected chi connectivity index (χ1v) is 8.86. The molecule has 0 aliphatic carbocycles. The Balaban J connectivity index is 1.41. The molecule has 4 nitrogen and oxygen atoms in total. The summed E-state index contributed by atoms with van der Waals surface area (Å²) in [5, 5.41) is 0. The summed E-state index contributed by atoms with van der Waals surface area (Å²) in [7, 11) is -1.00. The van der Waals surface area contributed by atoms with Crippen LogP contribution in [-0.4, -0.2) is 14.2 Å². The lowest BCUT2D eigenvalue weighted by Crippen LogP contribution is -2.38. The molecule has 1 atom stereocenters. The number of rotatable bonds is 4. The Hall–Kier alpha value is -3.08. The van der Waals surface area contributed by atoms with Gasteiger partial charge in [0.15, 0.2) is 0 Å². The molecule has 7 heteroatoms. The maximum absolute atomic E-state index is 13.4. The van der Waals surface area contributed by atoms with Crippen molar-refractivity contribution in [3.8, 4) is 23.0 Å². The molecule has 2 aliphatic heterocycles. The molecule has 3 aromatic rings. The van der Waals surface area contributed by atoms with Gasteiger partial charge in [-0.1, -0.05) is 36.4 Å². The molecule has 0 radical (unpaired) electrons. The molecule has 2 heterocycles. The molecule has 132 valence electrons. The molecule has 3 aromatic carbocycles. The zero-order chi connectivity index (χ0) is 18.2. The number of hydrogen-bond donors (Lipinski definition) is 0. The molecule has 0 bridgehead atoms. The van der Waals surface area contributed by atoms with Gasteiger partial charge in [0.05, 0.1) is 0 Å². The molecule has 0 spiro atoms. The number of benzene rings is 3. The molecule has 0 aromatic heterocycles. The predicted octanol–water partition coefficient (Wildman–Crippen LogP) is 4.37. The van der Waals surface area contributed by atoms with Gasteiger partial charge in [-0.15, -0.1) is 0 Å². The highest BCUT2D eigenvalue weighted by Gasteiger charge is 2.46. The molecule has 27 heavy (non-hydrogen) atoms. The SMILES string of the molecule is Fc1ccc([C@@H](CB2Oc3ccccc3O2)B2Oc3ccccc3O2)cc1. The number of para-hydroxylation sites is 4. The average molecular weight is 360 g/mol. The Bertz CT molecular complexity index is 916. The van der Waals surface area contributed by atoms with Gasteiger partial charge in [0.25, 0.3) is 0 Å². The monoisotopic (exact) mass is 360 g/mol. The highest BCUT2D eigenvalue weighted by molar-refractivity contribution is 6.55. The first-order valence-electron chi connectivity index (χ1n) is 8.86. The second-order valence-electron chi connectivity index (χ2n) is 6.56. The predicted molar refractivity (Wildman–Crippen MR) is 101 cm³/mol. The topological polar surface area (TPSA) is 36.9 Å². The number of fused-ring (bicyclic) bond motifs is 2. The molecule has 5 rings (SSSR count). The Morgan fingerprint density at radius 3 is 1.67 bits per heavy atom. The lowest BCUT2D eigenvalue weighted by atomic mass is 9.58. The number of halogens is 1. The molecule has 0 saturated carbocycles. The van der Waals surface area contributed by atoms with Gasteiger partial charge in [-0.2, -0.15) is 0 Å². The zero-order valence-electron chi connectivity index (χ0n) is 14.4. The van der Waals surface area contributed by atoms with Gasteiger partial charge < -0.3 is 18.6 Å². The lowest BCUT2D eigenvalue weighted by Gasteiger charge is -2.19. The van der Waals surface area contributed by atoms with Crippen LogP contribution in [0, 0.1) is 5.82 Å². The summed E-state index contributed by atoms with van der Waals surface area (Å²) >= 11 is 0. The molecule has 0 saturated heterocycles. The first-order chi connectivity index (χ1) is 13.3. The minimum Gasteiger partial charge on any atom is -0.523 e. The molecule has 2 aliphatic rings. The minimum absolute atomic E-state index is 0.197. The Kier molecular flexibility index (Phi) is 3.93. The quantitative estimate of drug-likeness (QED) is 0.648. The molecule has 0 amide bonds. The van der Waals surface area contributed by atoms with E-state index in [-0.39, 0.29) is 11.6 Å². The van der Waals surface area contributed by atoms with Crippen molar-refractivity contribution in [2.24, 2.45) is 0 Å². The van der Waals surface area contributed by atoms with Crippen LogP contribution in [0.15, 0.2) is 72.8 Å². The van der Waals surface area contributed by atoms with Crippen molar-refractivity contribution in [3.63, 3.8) is 0 Å². The van der Waals surface area contributed by atoms with Crippen LogP contribution in [0.1, 0.15) is 11.4 Å². The van der Waals surface area contributed by atoms with Crippen molar-refractivity contribution >= 4 is 14.2 Å². The van der Waals surface area contributed by atoms with E-state index < -0.39 is 14.2 Å². The maximum Gasteiger partial charge on any atom is 0.602 e. The summed E-state index contributed by atoms with van der Waals surface area (Å²) < 4.78 is 37.3. The zero-order valence-corrected chi connectivity index (χ0v) is 14.4. The third kappa shape index (κ3) is 3.10. The third-order valence-corrected chi connectivity index (χ3v) is 4.77. The average Bonchev–Trinajstić information content (AvgIpc) is 3.30. The Morgan fingerprint density at radius 2 is 1.15 bits per heavy atom. The van der Waals surface area contributed by atoms with Crippen LogP contribution < -0.4 is 18.6 Å². The normalized spacial score (nSPS) is 15.1. The van der Waals surface area contributed by atoms with E-state index >= 15 is 0 Å². The van der Waals surface area contributed by atoms with Gasteiger partial charge in [-0.05, 0) is 42.0 Å². The maximum atomic E-state index is 13.4. The van der Waals surface area contributed by atoms with Crippen LogP contribution in [0.2, 0.25) is 6.32 Å². The van der Waals surface area contributed by atoms with Gasteiger partial charge in [0.1, 0.15) is 28.8 Å². The van der Waals surface area contributed by atoms with Crippen LogP contribution in [0.5, 0.6) is 23.0 Å². The van der Waals surface area contributed by atoms with Gasteiger partial charge in [0, 0.05) is 12.1 Å². The van der Waals surface area contributed by atoms with Crippen LogP contribution in [0.4, 0.5) is 4.39 Å². The Morgan fingerprint density at radius 1 is 0.667 bits per heavy atom. The van der Waals surface area contributed by atoms with E-state index in [4.69, 9.17) is 18.6 Å². The van der Waals surface area contributed by atoms with E-state index in [9.17, 15) is 4.39 Å². The van der Waals surface area contributed by atoms with E-state index in [0.29, 0.717) is 17.8 Å². The first kappa shape index (κ1) is 16.1. The van der Waals surface area contributed by atoms with E-state index in [1.165, 1.54) is 12.1 Å².